The van der Waals surface area contributed by atoms with Gasteiger partial charge in [-0.3, -0.25) is 0 Å². The van der Waals surface area contributed by atoms with Crippen molar-refractivity contribution in [3.05, 3.63) is 103 Å². The Morgan fingerprint density at radius 2 is 0.919 bits per heavy atom. The molecule has 0 heterocycles. The van der Waals surface area contributed by atoms with Gasteiger partial charge in [0.05, 0.1) is 4.90 Å². The van der Waals surface area contributed by atoms with E-state index in [2.05, 4.69) is 42.1 Å². The standard InChI is InChI=1S/C22H24AsO3.C7H8O3S/c1-23(17-11-5-8-14-20(17)24-2,18-12-6-9-15-21(18)25-3)19-13-7-10-16-22(19)26-4;1-6-2-4-7(5-3-6)11(8,9)10/h5-16H,1-4H3;2-5H,1H3,(H,8,9,10)/q+1;/p-1. The van der Waals surface area contributed by atoms with E-state index in [0.717, 1.165) is 22.8 Å². The zero-order chi connectivity index (χ0) is 27.1. The minimum absolute atomic E-state index is 0.178. The Bertz CT molecular complexity index is 1320. The third-order valence-electron chi connectivity index (χ3n) is 6.01. The second-order valence-electron chi connectivity index (χ2n) is 8.29. The van der Waals surface area contributed by atoms with E-state index in [-0.39, 0.29) is 4.90 Å². The van der Waals surface area contributed by atoms with E-state index in [0.29, 0.717) is 0 Å². The molecule has 0 aliphatic heterocycles. The summed E-state index contributed by atoms with van der Waals surface area (Å²) in [6.07, 6.45) is 0. The Morgan fingerprint density at radius 3 is 1.22 bits per heavy atom. The number of hydrogen-bond donors (Lipinski definition) is 0. The smallest absolute Gasteiger partial charge is 0.124 e. The molecule has 6 nitrogen and oxygen atoms in total. The summed E-state index contributed by atoms with van der Waals surface area (Å²) in [5, 5.41) is 0. The van der Waals surface area contributed by atoms with Gasteiger partial charge in [0.25, 0.3) is 0 Å². The van der Waals surface area contributed by atoms with Gasteiger partial charge in [-0.2, -0.15) is 0 Å². The predicted octanol–water partition coefficient (Wildman–Crippen LogP) is 3.71. The van der Waals surface area contributed by atoms with Crippen molar-refractivity contribution in [1.29, 1.82) is 0 Å². The predicted molar refractivity (Wildman–Crippen MR) is 149 cm³/mol. The first-order valence-electron chi connectivity index (χ1n) is 11.5. The molecule has 0 amide bonds. The van der Waals surface area contributed by atoms with Crippen molar-refractivity contribution in [3.8, 4) is 17.2 Å². The molecule has 0 aliphatic rings. The van der Waals surface area contributed by atoms with Crippen LogP contribution < -0.4 is 27.3 Å². The molecule has 0 spiro atoms. The Morgan fingerprint density at radius 1 is 0.595 bits per heavy atom. The largest absolute Gasteiger partial charge is 0.744 e. The molecule has 194 valence electrons. The number of benzene rings is 4. The Hall–Kier alpha value is -3.25. The van der Waals surface area contributed by atoms with Gasteiger partial charge in [-0.25, -0.2) is 8.42 Å². The van der Waals surface area contributed by atoms with E-state index in [9.17, 15) is 13.0 Å². The molecular formula is C29H31AsO6S. The molecule has 0 atom stereocenters. The maximum Gasteiger partial charge on any atom is 0.124 e. The monoisotopic (exact) mass is 582 g/mol. The van der Waals surface area contributed by atoms with Gasteiger partial charge in [0.1, 0.15) is 10.1 Å². The fourth-order valence-electron chi connectivity index (χ4n) is 4.09. The van der Waals surface area contributed by atoms with Gasteiger partial charge in [0, 0.05) is 0 Å². The van der Waals surface area contributed by atoms with Crippen LogP contribution in [0, 0.1) is 6.92 Å². The van der Waals surface area contributed by atoms with E-state index in [1.165, 1.54) is 25.2 Å². The summed E-state index contributed by atoms with van der Waals surface area (Å²) < 4.78 is 52.1. The fourth-order valence-corrected chi connectivity index (χ4v) is 12.4. The second kappa shape index (κ2) is 12.3. The van der Waals surface area contributed by atoms with Gasteiger partial charge in [-0.15, -0.1) is 0 Å². The van der Waals surface area contributed by atoms with E-state index >= 15 is 0 Å². The van der Waals surface area contributed by atoms with Crippen molar-refractivity contribution in [1.82, 2.24) is 0 Å². The van der Waals surface area contributed by atoms with Gasteiger partial charge in [0.15, 0.2) is 0 Å². The van der Waals surface area contributed by atoms with Crippen molar-refractivity contribution in [3.63, 3.8) is 0 Å². The first-order chi connectivity index (χ1) is 17.7. The summed E-state index contributed by atoms with van der Waals surface area (Å²) in [7, 11) is 0.907. The molecule has 0 aliphatic carbocycles. The maximum absolute atomic E-state index is 10.4. The molecule has 8 heteroatoms. The summed E-state index contributed by atoms with van der Waals surface area (Å²) >= 11 is -2.91. The summed E-state index contributed by atoms with van der Waals surface area (Å²) in [6.45, 7) is 1.82. The molecular weight excluding hydrogens is 551 g/mol. The van der Waals surface area contributed by atoms with Crippen LogP contribution in [0.15, 0.2) is 102 Å². The summed E-state index contributed by atoms with van der Waals surface area (Å²) in [6, 6.07) is 30.6. The van der Waals surface area contributed by atoms with E-state index in [1.54, 1.807) is 33.5 Å². The number of hydrogen-bond acceptors (Lipinski definition) is 6. The Labute approximate surface area is 222 Å². The first-order valence-corrected chi connectivity index (χ1v) is 17.6. The van der Waals surface area contributed by atoms with Gasteiger partial charge in [0.2, 0.25) is 0 Å². The molecule has 0 unspecified atom stereocenters. The van der Waals surface area contributed by atoms with Gasteiger partial charge < -0.3 is 4.55 Å². The normalized spacial score (nSPS) is 11.2. The molecule has 4 aromatic carbocycles. The number of para-hydroxylation sites is 3. The SMILES string of the molecule is COc1ccccc1[As+](C)(c1ccccc1OC)c1ccccc1OC.Cc1ccc(S(=O)(=O)[O-])cc1. The summed E-state index contributed by atoms with van der Waals surface area (Å²) in [5.41, 5.74) is 3.28. The third kappa shape index (κ3) is 6.36. The average molecular weight is 583 g/mol. The van der Waals surface area contributed by atoms with Gasteiger partial charge >= 0.3 is 158 Å². The zero-order valence-corrected chi connectivity index (χ0v) is 24.2. The average Bonchev–Trinajstić information content (AvgIpc) is 2.92. The fraction of sp³-hybridized carbons (Fsp3) is 0.172. The Kier molecular flexibility index (Phi) is 9.44. The van der Waals surface area contributed by atoms with Crippen LogP contribution in [-0.4, -0.2) is 47.9 Å². The van der Waals surface area contributed by atoms with Crippen LogP contribution >= 0.6 is 0 Å². The van der Waals surface area contributed by atoms with Crippen molar-refractivity contribution in [2.45, 2.75) is 17.5 Å². The molecule has 0 fully saturated rings. The molecule has 0 radical (unpaired) electrons. The van der Waals surface area contributed by atoms with Crippen molar-refractivity contribution < 1.29 is 27.2 Å². The number of ether oxygens (including phenoxy) is 3. The molecule has 0 saturated heterocycles. The van der Waals surface area contributed by atoms with Crippen LogP contribution in [0.2, 0.25) is 5.71 Å². The van der Waals surface area contributed by atoms with Crippen LogP contribution in [0.25, 0.3) is 0 Å². The Balaban J connectivity index is 0.000000289. The topological polar surface area (TPSA) is 84.9 Å². The molecule has 4 aromatic rings. The van der Waals surface area contributed by atoms with Crippen molar-refractivity contribution >= 4 is 36.7 Å². The van der Waals surface area contributed by atoms with Crippen LogP contribution in [-0.2, 0) is 10.1 Å². The van der Waals surface area contributed by atoms with Crippen molar-refractivity contribution in [2.75, 3.05) is 21.3 Å². The second-order valence-corrected chi connectivity index (χ2v) is 16.9. The molecule has 0 saturated carbocycles. The molecule has 4 rings (SSSR count). The van der Waals surface area contributed by atoms with Crippen molar-refractivity contribution in [2.24, 2.45) is 0 Å². The molecule has 0 bridgehead atoms. The molecule has 0 aromatic heterocycles. The number of methoxy groups -OCH3 is 3. The number of aryl methyl sites for hydroxylation is 1. The van der Waals surface area contributed by atoms with Gasteiger partial charge in [-0.05, 0) is 19.1 Å². The zero-order valence-electron chi connectivity index (χ0n) is 21.5. The summed E-state index contributed by atoms with van der Waals surface area (Å²) in [4.78, 5) is -0.178. The van der Waals surface area contributed by atoms with E-state index < -0.39 is 23.7 Å². The van der Waals surface area contributed by atoms with Crippen LogP contribution in [0.3, 0.4) is 0 Å². The maximum atomic E-state index is 10.4. The quantitative estimate of drug-likeness (QED) is 0.244. The van der Waals surface area contributed by atoms with Crippen LogP contribution in [0.5, 0.6) is 17.2 Å². The third-order valence-corrected chi connectivity index (χ3v) is 15.3. The first kappa shape index (κ1) is 28.3. The van der Waals surface area contributed by atoms with Gasteiger partial charge in [-0.1, -0.05) is 17.7 Å². The number of rotatable bonds is 7. The molecule has 37 heavy (non-hydrogen) atoms. The minimum Gasteiger partial charge on any atom is -0.744 e. The molecule has 0 N–H and O–H groups in total. The van der Waals surface area contributed by atoms with Crippen LogP contribution in [0.4, 0.5) is 0 Å². The minimum atomic E-state index is -4.27. The van der Waals surface area contributed by atoms with E-state index in [1.807, 2.05) is 43.3 Å². The van der Waals surface area contributed by atoms with E-state index in [4.69, 9.17) is 14.2 Å². The summed E-state index contributed by atoms with van der Waals surface area (Å²) in [5.74, 6) is 2.71. The van der Waals surface area contributed by atoms with Crippen LogP contribution in [0.1, 0.15) is 5.56 Å².